The van der Waals surface area contributed by atoms with Crippen molar-refractivity contribution in [3.63, 3.8) is 0 Å². The number of hydrogen-bond acceptors (Lipinski definition) is 2. The number of nitrogens with one attached hydrogen (secondary N) is 2. The van der Waals surface area contributed by atoms with Gasteiger partial charge in [-0.3, -0.25) is 0 Å². The molecule has 1 aromatic carbocycles. The molecule has 2 N–H and O–H groups in total. The van der Waals surface area contributed by atoms with Crippen molar-refractivity contribution in [2.75, 3.05) is 13.1 Å². The average molecular weight is 299 g/mol. The Balaban J connectivity index is 2.36. The van der Waals surface area contributed by atoms with Crippen LogP contribution in [0.15, 0.2) is 28.7 Å². The van der Waals surface area contributed by atoms with Gasteiger partial charge in [-0.2, -0.15) is 0 Å². The third-order valence-electron chi connectivity index (χ3n) is 2.60. The molecule has 3 heteroatoms. The van der Waals surface area contributed by atoms with E-state index < -0.39 is 0 Å². The summed E-state index contributed by atoms with van der Waals surface area (Å²) in [5.74, 6) is 0. The summed E-state index contributed by atoms with van der Waals surface area (Å²) in [5, 5.41) is 6.99. The lowest BCUT2D eigenvalue weighted by molar-refractivity contribution is 0.414. The summed E-state index contributed by atoms with van der Waals surface area (Å²) in [6.07, 6.45) is 0. The molecule has 0 aliphatic carbocycles. The Morgan fingerprint density at radius 1 is 1.18 bits per heavy atom. The van der Waals surface area contributed by atoms with Crippen LogP contribution in [0.4, 0.5) is 0 Å². The molecule has 0 aliphatic heterocycles. The van der Waals surface area contributed by atoms with Gasteiger partial charge in [0, 0.05) is 29.1 Å². The first-order valence-corrected chi connectivity index (χ1v) is 6.92. The molecular formula is C14H23BrN2. The molecule has 0 bridgehead atoms. The van der Waals surface area contributed by atoms with Gasteiger partial charge in [0.15, 0.2) is 0 Å². The van der Waals surface area contributed by atoms with E-state index >= 15 is 0 Å². The Labute approximate surface area is 113 Å². The minimum atomic E-state index is 0.193. The van der Waals surface area contributed by atoms with Crippen LogP contribution in [-0.4, -0.2) is 18.6 Å². The van der Waals surface area contributed by atoms with Crippen LogP contribution in [-0.2, 0) is 0 Å². The summed E-state index contributed by atoms with van der Waals surface area (Å²) >= 11 is 3.58. The molecule has 17 heavy (non-hydrogen) atoms. The lowest BCUT2D eigenvalue weighted by atomic mass is 10.1. The molecule has 1 atom stereocenters. The molecule has 0 saturated carbocycles. The summed E-state index contributed by atoms with van der Waals surface area (Å²) in [5.41, 5.74) is 1.50. The first-order valence-electron chi connectivity index (χ1n) is 6.13. The normalized spacial score (nSPS) is 13.7. The zero-order valence-corrected chi connectivity index (χ0v) is 12.8. The molecule has 0 fully saturated rings. The van der Waals surface area contributed by atoms with E-state index in [4.69, 9.17) is 0 Å². The molecule has 0 aliphatic rings. The standard InChI is InChI=1S/C14H23BrN2/c1-11(12-7-5-6-8-13(12)15)16-9-10-17-14(2,3)4/h5-8,11,16-17H,9-10H2,1-4H3/t11-/m0/s1. The van der Waals surface area contributed by atoms with E-state index in [1.807, 2.05) is 6.07 Å². The summed E-state index contributed by atoms with van der Waals surface area (Å²) in [6, 6.07) is 8.72. The van der Waals surface area contributed by atoms with Crippen molar-refractivity contribution in [1.82, 2.24) is 10.6 Å². The van der Waals surface area contributed by atoms with Gasteiger partial charge >= 0.3 is 0 Å². The lowest BCUT2D eigenvalue weighted by Gasteiger charge is -2.22. The summed E-state index contributed by atoms with van der Waals surface area (Å²) in [7, 11) is 0. The van der Waals surface area contributed by atoms with Crippen LogP contribution in [0, 0.1) is 0 Å². The Morgan fingerprint density at radius 3 is 2.41 bits per heavy atom. The van der Waals surface area contributed by atoms with Gasteiger partial charge in [0.2, 0.25) is 0 Å². The topological polar surface area (TPSA) is 24.1 Å². The Morgan fingerprint density at radius 2 is 1.82 bits per heavy atom. The molecule has 0 saturated heterocycles. The fourth-order valence-corrected chi connectivity index (χ4v) is 2.29. The summed E-state index contributed by atoms with van der Waals surface area (Å²) in [4.78, 5) is 0. The highest BCUT2D eigenvalue weighted by Crippen LogP contribution is 2.22. The fraction of sp³-hybridized carbons (Fsp3) is 0.571. The van der Waals surface area contributed by atoms with Gasteiger partial charge in [-0.05, 0) is 39.3 Å². The zero-order chi connectivity index (χ0) is 12.9. The van der Waals surface area contributed by atoms with E-state index in [0.717, 1.165) is 13.1 Å². The SMILES string of the molecule is C[C@H](NCCNC(C)(C)C)c1ccccc1Br. The number of halogens is 1. The molecule has 1 rings (SSSR count). The van der Waals surface area contributed by atoms with Crippen molar-refractivity contribution >= 4 is 15.9 Å². The third-order valence-corrected chi connectivity index (χ3v) is 3.32. The van der Waals surface area contributed by atoms with Gasteiger partial charge < -0.3 is 10.6 Å². The quantitative estimate of drug-likeness (QED) is 0.813. The van der Waals surface area contributed by atoms with E-state index in [1.165, 1.54) is 10.0 Å². The molecule has 0 spiro atoms. The molecule has 96 valence electrons. The highest BCUT2D eigenvalue weighted by molar-refractivity contribution is 9.10. The number of benzene rings is 1. The second-order valence-electron chi connectivity index (χ2n) is 5.37. The first kappa shape index (κ1) is 14.7. The van der Waals surface area contributed by atoms with Crippen LogP contribution in [0.5, 0.6) is 0 Å². The van der Waals surface area contributed by atoms with E-state index in [-0.39, 0.29) is 5.54 Å². The van der Waals surface area contributed by atoms with Gasteiger partial charge in [0.25, 0.3) is 0 Å². The van der Waals surface area contributed by atoms with E-state index in [0.29, 0.717) is 6.04 Å². The third kappa shape index (κ3) is 5.66. The smallest absolute Gasteiger partial charge is 0.0303 e. The minimum Gasteiger partial charge on any atom is -0.311 e. The first-order chi connectivity index (χ1) is 7.90. The molecule has 0 aromatic heterocycles. The second-order valence-corrected chi connectivity index (χ2v) is 6.23. The molecule has 0 radical (unpaired) electrons. The molecule has 0 unspecified atom stereocenters. The number of hydrogen-bond donors (Lipinski definition) is 2. The van der Waals surface area contributed by atoms with Gasteiger partial charge in [0.05, 0.1) is 0 Å². The van der Waals surface area contributed by atoms with Crippen LogP contribution in [0.2, 0.25) is 0 Å². The molecule has 2 nitrogen and oxygen atoms in total. The monoisotopic (exact) mass is 298 g/mol. The Kier molecular flexibility index (Phi) is 5.63. The molecule has 0 amide bonds. The Hall–Kier alpha value is -0.380. The predicted molar refractivity (Wildman–Crippen MR) is 78.3 cm³/mol. The predicted octanol–water partition coefficient (Wildman–Crippen LogP) is 3.49. The van der Waals surface area contributed by atoms with Crippen LogP contribution < -0.4 is 10.6 Å². The van der Waals surface area contributed by atoms with Gasteiger partial charge in [-0.15, -0.1) is 0 Å². The van der Waals surface area contributed by atoms with Gasteiger partial charge in [-0.25, -0.2) is 0 Å². The maximum atomic E-state index is 3.58. The second kappa shape index (κ2) is 6.53. The summed E-state index contributed by atoms with van der Waals surface area (Å²) in [6.45, 7) is 10.7. The van der Waals surface area contributed by atoms with E-state index in [2.05, 4.69) is 72.5 Å². The van der Waals surface area contributed by atoms with Crippen molar-refractivity contribution in [3.8, 4) is 0 Å². The molecule has 1 aromatic rings. The van der Waals surface area contributed by atoms with Crippen LogP contribution in [0.1, 0.15) is 39.3 Å². The fourth-order valence-electron chi connectivity index (χ4n) is 1.66. The average Bonchev–Trinajstić information content (AvgIpc) is 2.23. The van der Waals surface area contributed by atoms with Crippen molar-refractivity contribution in [3.05, 3.63) is 34.3 Å². The largest absolute Gasteiger partial charge is 0.311 e. The minimum absolute atomic E-state index is 0.193. The summed E-state index contributed by atoms with van der Waals surface area (Å²) < 4.78 is 1.17. The van der Waals surface area contributed by atoms with Crippen LogP contribution in [0.25, 0.3) is 0 Å². The van der Waals surface area contributed by atoms with Crippen molar-refractivity contribution < 1.29 is 0 Å². The van der Waals surface area contributed by atoms with Crippen LogP contribution in [0.3, 0.4) is 0 Å². The zero-order valence-electron chi connectivity index (χ0n) is 11.2. The highest BCUT2D eigenvalue weighted by atomic mass is 79.9. The van der Waals surface area contributed by atoms with E-state index in [9.17, 15) is 0 Å². The van der Waals surface area contributed by atoms with E-state index in [1.54, 1.807) is 0 Å². The van der Waals surface area contributed by atoms with Gasteiger partial charge in [0.1, 0.15) is 0 Å². The lowest BCUT2D eigenvalue weighted by Crippen LogP contribution is -2.40. The molecular weight excluding hydrogens is 276 g/mol. The van der Waals surface area contributed by atoms with Crippen molar-refractivity contribution in [2.45, 2.75) is 39.3 Å². The maximum absolute atomic E-state index is 3.58. The van der Waals surface area contributed by atoms with Gasteiger partial charge in [-0.1, -0.05) is 34.1 Å². The highest BCUT2D eigenvalue weighted by Gasteiger charge is 2.10. The molecule has 0 heterocycles. The van der Waals surface area contributed by atoms with Crippen molar-refractivity contribution in [2.24, 2.45) is 0 Å². The van der Waals surface area contributed by atoms with Crippen molar-refractivity contribution in [1.29, 1.82) is 0 Å². The van der Waals surface area contributed by atoms with Crippen LogP contribution >= 0.6 is 15.9 Å². The number of rotatable bonds is 5. The maximum Gasteiger partial charge on any atom is 0.0303 e. The Bertz CT molecular complexity index is 344.